The highest BCUT2D eigenvalue weighted by molar-refractivity contribution is 9.11. The quantitative estimate of drug-likeness (QED) is 0.588. The molecule has 0 aliphatic heterocycles. The second-order valence-electron chi connectivity index (χ2n) is 2.24. The molecule has 1 rings (SSSR count). The predicted molar refractivity (Wildman–Crippen MR) is 53.1 cm³/mol. The number of ether oxygens (including phenoxy) is 1. The molecule has 0 aromatic heterocycles. The van der Waals surface area contributed by atoms with Gasteiger partial charge in [0.15, 0.2) is 0 Å². The maximum absolute atomic E-state index is 12.9. The molecule has 13 heavy (non-hydrogen) atoms. The van der Waals surface area contributed by atoms with E-state index < -0.39 is 11.8 Å². The normalized spacial score (nSPS) is 9.85. The van der Waals surface area contributed by atoms with Gasteiger partial charge in [0.25, 0.3) is 0 Å². The van der Waals surface area contributed by atoms with Crippen LogP contribution in [0, 0.1) is 5.82 Å². The lowest BCUT2D eigenvalue weighted by Crippen LogP contribution is -2.02. The van der Waals surface area contributed by atoms with Crippen molar-refractivity contribution < 1.29 is 13.9 Å². The molecule has 0 radical (unpaired) electrons. The zero-order valence-electron chi connectivity index (χ0n) is 6.61. The van der Waals surface area contributed by atoms with Crippen LogP contribution in [-0.2, 0) is 4.74 Å². The molecule has 0 amide bonds. The van der Waals surface area contributed by atoms with Crippen molar-refractivity contribution in [1.29, 1.82) is 0 Å². The van der Waals surface area contributed by atoms with Crippen LogP contribution in [-0.4, -0.2) is 13.1 Å². The summed E-state index contributed by atoms with van der Waals surface area (Å²) in [6.07, 6.45) is 0. The third-order valence-corrected chi connectivity index (χ3v) is 2.68. The van der Waals surface area contributed by atoms with Gasteiger partial charge in [-0.25, -0.2) is 9.18 Å². The van der Waals surface area contributed by atoms with Gasteiger partial charge in [-0.05, 0) is 44.0 Å². The van der Waals surface area contributed by atoms with E-state index >= 15 is 0 Å². The van der Waals surface area contributed by atoms with E-state index in [4.69, 9.17) is 0 Å². The first-order valence-electron chi connectivity index (χ1n) is 3.29. The Kier molecular flexibility index (Phi) is 3.44. The molecule has 0 unspecified atom stereocenters. The first kappa shape index (κ1) is 10.7. The van der Waals surface area contributed by atoms with Crippen LogP contribution in [0.2, 0.25) is 0 Å². The molecule has 0 atom stereocenters. The van der Waals surface area contributed by atoms with Crippen molar-refractivity contribution in [1.82, 2.24) is 0 Å². The number of carbonyl (C=O) groups excluding carboxylic acids is 1. The Hall–Kier alpha value is -0.420. The van der Waals surface area contributed by atoms with Gasteiger partial charge in [-0.3, -0.25) is 0 Å². The van der Waals surface area contributed by atoms with E-state index in [-0.39, 0.29) is 10.0 Å². The maximum atomic E-state index is 12.9. The van der Waals surface area contributed by atoms with E-state index in [9.17, 15) is 9.18 Å². The number of halogens is 3. The second-order valence-corrected chi connectivity index (χ2v) is 3.95. The fourth-order valence-corrected chi connectivity index (χ4v) is 1.61. The molecular formula is C8H5Br2FO2. The smallest absolute Gasteiger partial charge is 0.339 e. The highest BCUT2D eigenvalue weighted by Crippen LogP contribution is 2.25. The third kappa shape index (κ3) is 2.28. The summed E-state index contributed by atoms with van der Waals surface area (Å²) in [6.45, 7) is 0. The molecule has 0 aliphatic carbocycles. The van der Waals surface area contributed by atoms with E-state index in [1.54, 1.807) is 0 Å². The molecule has 0 aliphatic rings. The summed E-state index contributed by atoms with van der Waals surface area (Å²) in [5, 5.41) is 0. The topological polar surface area (TPSA) is 26.3 Å². The summed E-state index contributed by atoms with van der Waals surface area (Å²) in [7, 11) is 1.27. The minimum atomic E-state index is -0.507. The SMILES string of the molecule is COC(=O)c1cc(Br)c(F)cc1Br. The van der Waals surface area contributed by atoms with Crippen molar-refractivity contribution in [2.75, 3.05) is 7.11 Å². The number of carbonyl (C=O) groups is 1. The summed E-state index contributed by atoms with van der Waals surface area (Å²) < 4.78 is 18.0. The molecule has 0 saturated heterocycles. The van der Waals surface area contributed by atoms with Gasteiger partial charge >= 0.3 is 5.97 Å². The molecule has 1 aromatic rings. The van der Waals surface area contributed by atoms with Gasteiger partial charge in [0.1, 0.15) is 5.82 Å². The lowest BCUT2D eigenvalue weighted by atomic mass is 10.2. The van der Waals surface area contributed by atoms with Crippen LogP contribution in [0.4, 0.5) is 4.39 Å². The number of rotatable bonds is 1. The van der Waals surface area contributed by atoms with E-state index in [0.717, 1.165) is 0 Å². The van der Waals surface area contributed by atoms with Crippen LogP contribution < -0.4 is 0 Å². The van der Waals surface area contributed by atoms with E-state index in [1.165, 1.54) is 19.2 Å². The monoisotopic (exact) mass is 310 g/mol. The largest absolute Gasteiger partial charge is 0.465 e. The molecule has 70 valence electrons. The molecule has 0 bridgehead atoms. The summed E-state index contributed by atoms with van der Waals surface area (Å²) >= 11 is 6.04. The summed E-state index contributed by atoms with van der Waals surface area (Å²) in [5.41, 5.74) is 0.288. The Morgan fingerprint density at radius 3 is 2.54 bits per heavy atom. The highest BCUT2D eigenvalue weighted by Gasteiger charge is 2.13. The average Bonchev–Trinajstić information content (AvgIpc) is 2.10. The average molecular weight is 312 g/mol. The fourth-order valence-electron chi connectivity index (χ4n) is 0.789. The van der Waals surface area contributed by atoms with Gasteiger partial charge in [0.05, 0.1) is 17.1 Å². The van der Waals surface area contributed by atoms with Gasteiger partial charge < -0.3 is 4.74 Å². The zero-order chi connectivity index (χ0) is 10.0. The van der Waals surface area contributed by atoms with Gasteiger partial charge in [0.2, 0.25) is 0 Å². The lowest BCUT2D eigenvalue weighted by Gasteiger charge is -2.03. The number of esters is 1. The summed E-state index contributed by atoms with van der Waals surface area (Å²) in [4.78, 5) is 11.1. The number of benzene rings is 1. The molecule has 5 heteroatoms. The van der Waals surface area contributed by atoms with Crippen molar-refractivity contribution >= 4 is 37.8 Å². The van der Waals surface area contributed by atoms with Crippen LogP contribution in [0.3, 0.4) is 0 Å². The molecular weight excluding hydrogens is 307 g/mol. The molecule has 0 heterocycles. The number of hydrogen-bond acceptors (Lipinski definition) is 2. The van der Waals surface area contributed by atoms with Crippen molar-refractivity contribution in [2.24, 2.45) is 0 Å². The highest BCUT2D eigenvalue weighted by atomic mass is 79.9. The molecule has 1 aromatic carbocycles. The van der Waals surface area contributed by atoms with Gasteiger partial charge in [0, 0.05) is 4.47 Å². The Morgan fingerprint density at radius 2 is 2.00 bits per heavy atom. The molecule has 0 N–H and O–H groups in total. The van der Waals surface area contributed by atoms with Crippen molar-refractivity contribution in [3.05, 3.63) is 32.5 Å². The van der Waals surface area contributed by atoms with Crippen LogP contribution in [0.15, 0.2) is 21.1 Å². The minimum absolute atomic E-state index is 0.233. The Morgan fingerprint density at radius 1 is 1.38 bits per heavy atom. The van der Waals surface area contributed by atoms with Crippen molar-refractivity contribution in [3.63, 3.8) is 0 Å². The van der Waals surface area contributed by atoms with Gasteiger partial charge in [-0.1, -0.05) is 0 Å². The van der Waals surface area contributed by atoms with Gasteiger partial charge in [-0.2, -0.15) is 0 Å². The third-order valence-electron chi connectivity index (χ3n) is 1.42. The Balaban J connectivity index is 3.23. The van der Waals surface area contributed by atoms with Crippen LogP contribution >= 0.6 is 31.9 Å². The second kappa shape index (κ2) is 4.19. The van der Waals surface area contributed by atoms with Crippen molar-refractivity contribution in [2.45, 2.75) is 0 Å². The molecule has 0 saturated carbocycles. The fraction of sp³-hybridized carbons (Fsp3) is 0.125. The summed E-state index contributed by atoms with van der Waals surface area (Å²) in [6, 6.07) is 2.57. The van der Waals surface area contributed by atoms with E-state index in [2.05, 4.69) is 36.6 Å². The maximum Gasteiger partial charge on any atom is 0.339 e. The number of hydrogen-bond donors (Lipinski definition) is 0. The standard InChI is InChI=1S/C8H5Br2FO2/c1-13-8(12)4-2-6(10)7(11)3-5(4)9/h2-3H,1H3. The number of methoxy groups -OCH3 is 1. The first-order valence-corrected chi connectivity index (χ1v) is 4.87. The molecule has 2 nitrogen and oxygen atoms in total. The van der Waals surface area contributed by atoms with Crippen molar-refractivity contribution in [3.8, 4) is 0 Å². The van der Waals surface area contributed by atoms with E-state index in [1.807, 2.05) is 0 Å². The zero-order valence-corrected chi connectivity index (χ0v) is 9.78. The minimum Gasteiger partial charge on any atom is -0.465 e. The van der Waals surface area contributed by atoms with Crippen LogP contribution in [0.1, 0.15) is 10.4 Å². The Bertz CT molecular complexity index is 352. The van der Waals surface area contributed by atoms with Crippen LogP contribution in [0.5, 0.6) is 0 Å². The Labute approximate surface area is 91.3 Å². The van der Waals surface area contributed by atoms with Gasteiger partial charge in [-0.15, -0.1) is 0 Å². The predicted octanol–water partition coefficient (Wildman–Crippen LogP) is 3.14. The first-order chi connectivity index (χ1) is 6.06. The summed E-state index contributed by atoms with van der Waals surface area (Å²) in [5.74, 6) is -0.938. The molecule has 0 spiro atoms. The molecule has 0 fully saturated rings. The van der Waals surface area contributed by atoms with Crippen LogP contribution in [0.25, 0.3) is 0 Å². The lowest BCUT2D eigenvalue weighted by molar-refractivity contribution is 0.0599. The van der Waals surface area contributed by atoms with E-state index in [0.29, 0.717) is 4.47 Å².